The van der Waals surface area contributed by atoms with Gasteiger partial charge < -0.3 is 11.5 Å². The van der Waals surface area contributed by atoms with E-state index in [0.29, 0.717) is 17.2 Å². The molecule has 0 heterocycles. The number of nitrogens with zero attached hydrogens (tertiary/aromatic N) is 1. The van der Waals surface area contributed by atoms with Crippen LogP contribution in [0.5, 0.6) is 0 Å². The molecule has 1 atom stereocenters. The number of hydrogen-bond acceptors (Lipinski definition) is 3. The molecule has 0 aliphatic rings. The number of anilines is 1. The number of rotatable bonds is 2. The van der Waals surface area contributed by atoms with Crippen LogP contribution in [0.1, 0.15) is 31.0 Å². The lowest BCUT2D eigenvalue weighted by Crippen LogP contribution is -2.18. The molecular weight excluding hydrogens is 174 g/mol. The van der Waals surface area contributed by atoms with E-state index in [-0.39, 0.29) is 6.04 Å². The summed E-state index contributed by atoms with van der Waals surface area (Å²) in [6.07, 6.45) is 0. The third kappa shape index (κ3) is 2.04. The molecule has 0 saturated heterocycles. The zero-order valence-electron chi connectivity index (χ0n) is 8.49. The molecule has 0 unspecified atom stereocenters. The van der Waals surface area contributed by atoms with Crippen LogP contribution < -0.4 is 11.5 Å². The highest BCUT2D eigenvalue weighted by molar-refractivity contribution is 5.50. The van der Waals surface area contributed by atoms with Gasteiger partial charge in [0.1, 0.15) is 0 Å². The normalized spacial score (nSPS) is 12.5. The molecule has 0 spiro atoms. The number of nitriles is 1. The molecule has 0 radical (unpaired) electrons. The molecule has 1 rings (SSSR count). The summed E-state index contributed by atoms with van der Waals surface area (Å²) in [5, 5.41) is 8.89. The fraction of sp³-hybridized carbons (Fsp3) is 0.364. The van der Waals surface area contributed by atoms with Crippen LogP contribution in [0.15, 0.2) is 18.2 Å². The molecule has 0 aromatic heterocycles. The van der Waals surface area contributed by atoms with E-state index in [1.54, 1.807) is 18.2 Å². The zero-order valence-corrected chi connectivity index (χ0v) is 8.49. The first-order chi connectivity index (χ1) is 6.56. The molecule has 14 heavy (non-hydrogen) atoms. The first-order valence-corrected chi connectivity index (χ1v) is 4.61. The van der Waals surface area contributed by atoms with Gasteiger partial charge in [-0.05, 0) is 29.7 Å². The molecule has 0 fully saturated rings. The van der Waals surface area contributed by atoms with E-state index >= 15 is 0 Å². The SMILES string of the molecule is CC(C)[C@@H](N)c1cc(N)ccc1C#N. The van der Waals surface area contributed by atoms with Crippen molar-refractivity contribution in [3.05, 3.63) is 29.3 Å². The third-order valence-electron chi connectivity index (χ3n) is 2.27. The fourth-order valence-corrected chi connectivity index (χ4v) is 1.32. The van der Waals surface area contributed by atoms with Crippen molar-refractivity contribution in [3.63, 3.8) is 0 Å². The van der Waals surface area contributed by atoms with Crippen molar-refractivity contribution < 1.29 is 0 Å². The first-order valence-electron chi connectivity index (χ1n) is 4.61. The van der Waals surface area contributed by atoms with Gasteiger partial charge in [-0.3, -0.25) is 0 Å². The van der Waals surface area contributed by atoms with Crippen LogP contribution in [0, 0.1) is 17.2 Å². The van der Waals surface area contributed by atoms with Crippen LogP contribution in [-0.2, 0) is 0 Å². The van der Waals surface area contributed by atoms with Crippen molar-refractivity contribution >= 4 is 5.69 Å². The van der Waals surface area contributed by atoms with Crippen molar-refractivity contribution in [2.24, 2.45) is 11.7 Å². The average Bonchev–Trinajstić information content (AvgIpc) is 2.16. The van der Waals surface area contributed by atoms with E-state index in [2.05, 4.69) is 6.07 Å². The Hall–Kier alpha value is -1.53. The molecule has 1 aromatic carbocycles. The van der Waals surface area contributed by atoms with Crippen LogP contribution in [0.3, 0.4) is 0 Å². The lowest BCUT2D eigenvalue weighted by Gasteiger charge is -2.17. The van der Waals surface area contributed by atoms with Crippen molar-refractivity contribution in [3.8, 4) is 6.07 Å². The lowest BCUT2D eigenvalue weighted by molar-refractivity contribution is 0.513. The Morgan fingerprint density at radius 3 is 2.50 bits per heavy atom. The topological polar surface area (TPSA) is 75.8 Å². The number of nitrogen functional groups attached to an aromatic ring is 1. The van der Waals surface area contributed by atoms with Crippen LogP contribution in [-0.4, -0.2) is 0 Å². The van der Waals surface area contributed by atoms with E-state index < -0.39 is 0 Å². The lowest BCUT2D eigenvalue weighted by atomic mass is 9.93. The van der Waals surface area contributed by atoms with E-state index in [0.717, 1.165) is 5.56 Å². The van der Waals surface area contributed by atoms with Gasteiger partial charge in [0.25, 0.3) is 0 Å². The van der Waals surface area contributed by atoms with E-state index in [4.69, 9.17) is 16.7 Å². The molecule has 4 N–H and O–H groups in total. The summed E-state index contributed by atoms with van der Waals surface area (Å²) < 4.78 is 0. The molecule has 0 bridgehead atoms. The minimum atomic E-state index is -0.131. The van der Waals surface area contributed by atoms with Gasteiger partial charge in [0.05, 0.1) is 11.6 Å². The van der Waals surface area contributed by atoms with Crippen LogP contribution >= 0.6 is 0 Å². The zero-order chi connectivity index (χ0) is 10.7. The Morgan fingerprint density at radius 2 is 2.00 bits per heavy atom. The van der Waals surface area contributed by atoms with Gasteiger partial charge in [-0.1, -0.05) is 13.8 Å². The summed E-state index contributed by atoms with van der Waals surface area (Å²) in [5.41, 5.74) is 13.7. The molecule has 74 valence electrons. The van der Waals surface area contributed by atoms with Crippen molar-refractivity contribution in [2.75, 3.05) is 5.73 Å². The predicted octanol–water partition coefficient (Wildman–Crippen LogP) is 1.80. The smallest absolute Gasteiger partial charge is 0.0995 e. The van der Waals surface area contributed by atoms with E-state index in [1.165, 1.54) is 0 Å². The standard InChI is InChI=1S/C11H15N3/c1-7(2)11(14)10-5-9(13)4-3-8(10)6-12/h3-5,7,11H,13-14H2,1-2H3/t11-/m1/s1. The molecule has 0 amide bonds. The Labute approximate surface area is 84.3 Å². The maximum Gasteiger partial charge on any atom is 0.0995 e. The highest BCUT2D eigenvalue weighted by Crippen LogP contribution is 2.24. The predicted molar refractivity (Wildman–Crippen MR) is 57.3 cm³/mol. The van der Waals surface area contributed by atoms with Gasteiger partial charge in [0, 0.05) is 11.7 Å². The van der Waals surface area contributed by atoms with Gasteiger partial charge in [0.15, 0.2) is 0 Å². The maximum absolute atomic E-state index is 8.89. The van der Waals surface area contributed by atoms with Crippen LogP contribution in [0.25, 0.3) is 0 Å². The van der Waals surface area contributed by atoms with Crippen LogP contribution in [0.2, 0.25) is 0 Å². The molecule has 3 heteroatoms. The van der Waals surface area contributed by atoms with Crippen molar-refractivity contribution in [1.29, 1.82) is 5.26 Å². The molecule has 3 nitrogen and oxygen atoms in total. The third-order valence-corrected chi connectivity index (χ3v) is 2.27. The largest absolute Gasteiger partial charge is 0.399 e. The van der Waals surface area contributed by atoms with Crippen LogP contribution in [0.4, 0.5) is 5.69 Å². The summed E-state index contributed by atoms with van der Waals surface area (Å²) in [4.78, 5) is 0. The fourth-order valence-electron chi connectivity index (χ4n) is 1.32. The maximum atomic E-state index is 8.89. The Balaban J connectivity index is 3.18. The molecular formula is C11H15N3. The monoisotopic (exact) mass is 189 g/mol. The van der Waals surface area contributed by atoms with Gasteiger partial charge in [-0.25, -0.2) is 0 Å². The van der Waals surface area contributed by atoms with Gasteiger partial charge >= 0.3 is 0 Å². The van der Waals surface area contributed by atoms with Crippen molar-refractivity contribution in [1.82, 2.24) is 0 Å². The second-order valence-corrected chi connectivity index (χ2v) is 3.73. The van der Waals surface area contributed by atoms with Gasteiger partial charge in [-0.2, -0.15) is 5.26 Å². The van der Waals surface area contributed by atoms with E-state index in [9.17, 15) is 0 Å². The number of hydrogen-bond donors (Lipinski definition) is 2. The Morgan fingerprint density at radius 1 is 1.36 bits per heavy atom. The summed E-state index contributed by atoms with van der Waals surface area (Å²) in [5.74, 6) is 0.295. The second-order valence-electron chi connectivity index (χ2n) is 3.73. The summed E-state index contributed by atoms with van der Waals surface area (Å²) in [6, 6.07) is 7.21. The Kier molecular flexibility index (Phi) is 3.10. The molecule has 0 aliphatic heterocycles. The number of nitrogens with two attached hydrogens (primary N) is 2. The second kappa shape index (κ2) is 4.12. The highest BCUT2D eigenvalue weighted by Gasteiger charge is 2.14. The molecule has 0 saturated carbocycles. The first kappa shape index (κ1) is 10.6. The minimum absolute atomic E-state index is 0.131. The van der Waals surface area contributed by atoms with Gasteiger partial charge in [0.2, 0.25) is 0 Å². The molecule has 0 aliphatic carbocycles. The Bertz CT molecular complexity index is 363. The summed E-state index contributed by atoms with van der Waals surface area (Å²) >= 11 is 0. The highest BCUT2D eigenvalue weighted by atomic mass is 14.7. The molecule has 1 aromatic rings. The summed E-state index contributed by atoms with van der Waals surface area (Å²) in [7, 11) is 0. The minimum Gasteiger partial charge on any atom is -0.399 e. The average molecular weight is 189 g/mol. The van der Waals surface area contributed by atoms with Gasteiger partial charge in [-0.15, -0.1) is 0 Å². The quantitative estimate of drug-likeness (QED) is 0.696. The van der Waals surface area contributed by atoms with Crippen molar-refractivity contribution in [2.45, 2.75) is 19.9 Å². The van der Waals surface area contributed by atoms with E-state index in [1.807, 2.05) is 13.8 Å². The number of benzene rings is 1. The summed E-state index contributed by atoms with van der Waals surface area (Å²) in [6.45, 7) is 4.05.